The molecule has 2 aromatic heterocycles. The Morgan fingerprint density at radius 2 is 1.65 bits per heavy atom. The second-order valence-electron chi connectivity index (χ2n) is 7.53. The SMILES string of the molecule is CCn1c(SCC(=O)Nc2ccc(NC(=O)c3ccc(C)cc3)cc2)nnc1-c1cccnc1. The van der Waals surface area contributed by atoms with Gasteiger partial charge in [-0.15, -0.1) is 10.2 Å². The highest BCUT2D eigenvalue weighted by atomic mass is 32.2. The molecule has 8 nitrogen and oxygen atoms in total. The van der Waals surface area contributed by atoms with Crippen molar-refractivity contribution in [3.05, 3.63) is 84.2 Å². The van der Waals surface area contributed by atoms with Gasteiger partial charge in [0.05, 0.1) is 5.75 Å². The van der Waals surface area contributed by atoms with Crippen LogP contribution in [0.15, 0.2) is 78.2 Å². The topological polar surface area (TPSA) is 102 Å². The van der Waals surface area contributed by atoms with Crippen molar-refractivity contribution in [3.63, 3.8) is 0 Å². The summed E-state index contributed by atoms with van der Waals surface area (Å²) in [5, 5.41) is 14.9. The second kappa shape index (κ2) is 10.8. The van der Waals surface area contributed by atoms with Crippen LogP contribution in [0.1, 0.15) is 22.8 Å². The summed E-state index contributed by atoms with van der Waals surface area (Å²) in [6.07, 6.45) is 3.45. The van der Waals surface area contributed by atoms with Crippen molar-refractivity contribution in [3.8, 4) is 11.4 Å². The van der Waals surface area contributed by atoms with E-state index in [1.54, 1.807) is 48.8 Å². The Bertz CT molecular complexity index is 1270. The van der Waals surface area contributed by atoms with E-state index in [4.69, 9.17) is 0 Å². The fraction of sp³-hybridized carbons (Fsp3) is 0.160. The summed E-state index contributed by atoms with van der Waals surface area (Å²) in [4.78, 5) is 29.0. The maximum Gasteiger partial charge on any atom is 0.255 e. The average molecular weight is 473 g/mol. The van der Waals surface area contributed by atoms with Gasteiger partial charge in [0.15, 0.2) is 11.0 Å². The minimum Gasteiger partial charge on any atom is -0.325 e. The van der Waals surface area contributed by atoms with Gasteiger partial charge in [0.2, 0.25) is 5.91 Å². The first-order valence-electron chi connectivity index (χ1n) is 10.8. The number of nitrogens with one attached hydrogen (secondary N) is 2. The normalized spacial score (nSPS) is 10.6. The van der Waals surface area contributed by atoms with Crippen LogP contribution in [0.3, 0.4) is 0 Å². The van der Waals surface area contributed by atoms with Crippen molar-refractivity contribution in [2.75, 3.05) is 16.4 Å². The molecule has 2 aromatic carbocycles. The van der Waals surface area contributed by atoms with Crippen molar-refractivity contribution < 1.29 is 9.59 Å². The van der Waals surface area contributed by atoms with E-state index in [1.165, 1.54) is 11.8 Å². The minimum absolute atomic E-state index is 0.157. The quantitative estimate of drug-likeness (QED) is 0.362. The van der Waals surface area contributed by atoms with Crippen molar-refractivity contribution in [1.82, 2.24) is 19.7 Å². The number of hydrogen-bond acceptors (Lipinski definition) is 6. The van der Waals surface area contributed by atoms with Gasteiger partial charge in [0.25, 0.3) is 5.91 Å². The van der Waals surface area contributed by atoms with Gasteiger partial charge < -0.3 is 15.2 Å². The number of rotatable bonds is 8. The van der Waals surface area contributed by atoms with Crippen molar-refractivity contribution in [2.24, 2.45) is 0 Å². The van der Waals surface area contributed by atoms with E-state index in [-0.39, 0.29) is 17.6 Å². The Kier molecular flexibility index (Phi) is 7.34. The summed E-state index contributed by atoms with van der Waals surface area (Å²) in [5.74, 6) is 0.576. The van der Waals surface area contributed by atoms with Crippen LogP contribution in [0, 0.1) is 6.92 Å². The first-order chi connectivity index (χ1) is 16.5. The number of pyridine rings is 1. The van der Waals surface area contributed by atoms with E-state index in [9.17, 15) is 9.59 Å². The highest BCUT2D eigenvalue weighted by Crippen LogP contribution is 2.23. The van der Waals surface area contributed by atoms with E-state index >= 15 is 0 Å². The third kappa shape index (κ3) is 5.68. The summed E-state index contributed by atoms with van der Waals surface area (Å²) >= 11 is 1.32. The largest absolute Gasteiger partial charge is 0.325 e. The predicted molar refractivity (Wildman–Crippen MR) is 134 cm³/mol. The van der Waals surface area contributed by atoms with Crippen LogP contribution >= 0.6 is 11.8 Å². The number of thioether (sulfide) groups is 1. The van der Waals surface area contributed by atoms with Crippen LogP contribution in [0.2, 0.25) is 0 Å². The number of carbonyl (C=O) groups excluding carboxylic acids is 2. The molecular formula is C25H24N6O2S. The number of benzene rings is 2. The van der Waals surface area contributed by atoms with Gasteiger partial charge >= 0.3 is 0 Å². The summed E-state index contributed by atoms with van der Waals surface area (Å²) in [6.45, 7) is 4.66. The number of amides is 2. The van der Waals surface area contributed by atoms with Crippen LogP contribution in [0.4, 0.5) is 11.4 Å². The zero-order valence-corrected chi connectivity index (χ0v) is 19.7. The zero-order chi connectivity index (χ0) is 23.9. The van der Waals surface area contributed by atoms with Gasteiger partial charge in [-0.1, -0.05) is 29.5 Å². The van der Waals surface area contributed by atoms with Crippen LogP contribution in [-0.4, -0.2) is 37.3 Å². The molecule has 0 radical (unpaired) electrons. The van der Waals surface area contributed by atoms with Crippen molar-refractivity contribution in [2.45, 2.75) is 25.5 Å². The first kappa shape index (κ1) is 23.2. The van der Waals surface area contributed by atoms with Crippen LogP contribution in [0.25, 0.3) is 11.4 Å². The first-order valence-corrected chi connectivity index (χ1v) is 11.8. The Hall–Kier alpha value is -3.98. The Labute approximate surface area is 201 Å². The fourth-order valence-corrected chi connectivity index (χ4v) is 4.06. The zero-order valence-electron chi connectivity index (χ0n) is 18.9. The fourth-order valence-electron chi connectivity index (χ4n) is 3.26. The van der Waals surface area contributed by atoms with E-state index in [2.05, 4.69) is 25.8 Å². The lowest BCUT2D eigenvalue weighted by atomic mass is 10.1. The molecule has 0 saturated heterocycles. The van der Waals surface area contributed by atoms with Gasteiger partial charge in [0, 0.05) is 41.4 Å². The predicted octanol–water partition coefficient (Wildman–Crippen LogP) is 4.65. The molecule has 0 aliphatic heterocycles. The van der Waals surface area contributed by atoms with Crippen molar-refractivity contribution >= 4 is 35.0 Å². The lowest BCUT2D eigenvalue weighted by Gasteiger charge is -2.09. The number of aryl methyl sites for hydroxylation is 1. The number of anilines is 2. The summed E-state index contributed by atoms with van der Waals surface area (Å²) < 4.78 is 1.96. The maximum atomic E-state index is 12.5. The lowest BCUT2D eigenvalue weighted by molar-refractivity contribution is -0.113. The van der Waals surface area contributed by atoms with Gasteiger partial charge in [-0.2, -0.15) is 0 Å². The molecule has 2 heterocycles. The van der Waals surface area contributed by atoms with Crippen LogP contribution < -0.4 is 10.6 Å². The van der Waals surface area contributed by atoms with Crippen LogP contribution in [0.5, 0.6) is 0 Å². The molecule has 0 spiro atoms. The van der Waals surface area contributed by atoms with Gasteiger partial charge in [-0.25, -0.2) is 0 Å². The molecule has 4 rings (SSSR count). The second-order valence-corrected chi connectivity index (χ2v) is 8.47. The maximum absolute atomic E-state index is 12.5. The minimum atomic E-state index is -0.182. The summed E-state index contributed by atoms with van der Waals surface area (Å²) in [5.41, 5.74) is 3.86. The molecule has 0 aliphatic rings. The van der Waals surface area contributed by atoms with Gasteiger partial charge in [0.1, 0.15) is 0 Å². The number of aromatic nitrogens is 4. The third-order valence-electron chi connectivity index (χ3n) is 5.03. The monoisotopic (exact) mass is 472 g/mol. The molecule has 9 heteroatoms. The number of carbonyl (C=O) groups is 2. The van der Waals surface area contributed by atoms with E-state index in [1.807, 2.05) is 42.7 Å². The molecule has 0 saturated carbocycles. The van der Waals surface area contributed by atoms with Crippen molar-refractivity contribution in [1.29, 1.82) is 0 Å². The molecule has 0 bridgehead atoms. The molecule has 172 valence electrons. The van der Waals surface area contributed by atoms with Gasteiger partial charge in [-0.05, 0) is 62.4 Å². The molecule has 2 N–H and O–H groups in total. The molecule has 0 atom stereocenters. The highest BCUT2D eigenvalue weighted by Gasteiger charge is 2.15. The smallest absolute Gasteiger partial charge is 0.255 e. The summed E-state index contributed by atoms with van der Waals surface area (Å²) in [6, 6.07) is 18.2. The van der Waals surface area contributed by atoms with E-state index < -0.39 is 0 Å². The number of hydrogen-bond donors (Lipinski definition) is 2. The Morgan fingerprint density at radius 3 is 2.29 bits per heavy atom. The molecule has 0 unspecified atom stereocenters. The third-order valence-corrected chi connectivity index (χ3v) is 5.99. The molecule has 0 fully saturated rings. The number of nitrogens with zero attached hydrogens (tertiary/aromatic N) is 4. The molecule has 4 aromatic rings. The summed E-state index contributed by atoms with van der Waals surface area (Å²) in [7, 11) is 0. The van der Waals surface area contributed by atoms with E-state index in [0.29, 0.717) is 28.6 Å². The molecule has 34 heavy (non-hydrogen) atoms. The average Bonchev–Trinajstić information content (AvgIpc) is 3.28. The standard InChI is InChI=1S/C25H24N6O2S/c1-3-31-23(19-5-4-14-26-15-19)29-30-25(31)34-16-22(32)27-20-10-12-21(13-11-20)28-24(33)18-8-6-17(2)7-9-18/h4-15H,3,16H2,1-2H3,(H,27,32)(H,28,33). The lowest BCUT2D eigenvalue weighted by Crippen LogP contribution is -2.15. The Morgan fingerprint density at radius 1 is 0.941 bits per heavy atom. The van der Waals surface area contributed by atoms with Crippen LogP contribution in [-0.2, 0) is 11.3 Å². The molecule has 2 amide bonds. The molecule has 0 aliphatic carbocycles. The van der Waals surface area contributed by atoms with E-state index in [0.717, 1.165) is 17.0 Å². The highest BCUT2D eigenvalue weighted by molar-refractivity contribution is 7.99. The Balaban J connectivity index is 1.32. The van der Waals surface area contributed by atoms with Gasteiger partial charge in [-0.3, -0.25) is 14.6 Å². The molecular weight excluding hydrogens is 448 g/mol.